The van der Waals surface area contributed by atoms with Crippen molar-refractivity contribution in [2.75, 3.05) is 0 Å². The van der Waals surface area contributed by atoms with Crippen molar-refractivity contribution in [1.82, 2.24) is 4.57 Å². The summed E-state index contributed by atoms with van der Waals surface area (Å²) >= 11 is 1.49. The second-order valence-corrected chi connectivity index (χ2v) is 5.11. The van der Waals surface area contributed by atoms with Crippen LogP contribution >= 0.6 is 11.3 Å². The van der Waals surface area contributed by atoms with Crippen molar-refractivity contribution in [2.24, 2.45) is 0 Å². The van der Waals surface area contributed by atoms with E-state index in [1.54, 1.807) is 0 Å². The second kappa shape index (κ2) is 4.26. The maximum absolute atomic E-state index is 7.90. The average Bonchev–Trinajstić information content (AvgIpc) is 2.61. The number of hydrogen-bond donors (Lipinski definition) is 1. The number of aryl methyl sites for hydroxylation is 1. The maximum Gasteiger partial charge on any atom is 0.182 e. The fourth-order valence-electron chi connectivity index (χ4n) is 1.78. The quantitative estimate of drug-likeness (QED) is 0.820. The van der Waals surface area contributed by atoms with Gasteiger partial charge in [0, 0.05) is 11.4 Å². The molecule has 3 heteroatoms. The van der Waals surface area contributed by atoms with E-state index in [1.807, 2.05) is 0 Å². The summed E-state index contributed by atoms with van der Waals surface area (Å²) in [7, 11) is 0. The third-order valence-electron chi connectivity index (χ3n) is 2.62. The number of hydrogen-bond acceptors (Lipinski definition) is 2. The molecular weight excluding hydrogens is 216 g/mol. The molecule has 0 bridgehead atoms. The molecule has 0 aliphatic carbocycles. The summed E-state index contributed by atoms with van der Waals surface area (Å²) in [5, 5.41) is 9.96. The molecule has 84 valence electrons. The van der Waals surface area contributed by atoms with Gasteiger partial charge in [0.25, 0.3) is 0 Å². The van der Waals surface area contributed by atoms with Crippen LogP contribution in [-0.4, -0.2) is 4.57 Å². The summed E-state index contributed by atoms with van der Waals surface area (Å²) in [4.78, 5) is 0.616. The van der Waals surface area contributed by atoms with Crippen LogP contribution in [0.2, 0.25) is 0 Å². The van der Waals surface area contributed by atoms with Gasteiger partial charge in [0.1, 0.15) is 0 Å². The van der Waals surface area contributed by atoms with Crippen molar-refractivity contribution in [2.45, 2.75) is 26.8 Å². The van der Waals surface area contributed by atoms with Gasteiger partial charge < -0.3 is 4.57 Å². The van der Waals surface area contributed by atoms with Crippen LogP contribution in [0.5, 0.6) is 0 Å². The van der Waals surface area contributed by atoms with E-state index >= 15 is 0 Å². The average molecular weight is 232 g/mol. The topological polar surface area (TPSA) is 28.8 Å². The molecule has 2 nitrogen and oxygen atoms in total. The van der Waals surface area contributed by atoms with Crippen LogP contribution in [0.3, 0.4) is 0 Å². The zero-order valence-corrected chi connectivity index (χ0v) is 10.6. The minimum Gasteiger partial charge on any atom is -0.314 e. The van der Waals surface area contributed by atoms with Gasteiger partial charge in [-0.05, 0) is 26.3 Å². The van der Waals surface area contributed by atoms with E-state index in [1.165, 1.54) is 22.5 Å². The summed E-state index contributed by atoms with van der Waals surface area (Å²) in [6.45, 7) is 6.31. The summed E-state index contributed by atoms with van der Waals surface area (Å²) in [6, 6.07) is 8.80. The predicted molar refractivity (Wildman–Crippen MR) is 68.7 cm³/mol. The van der Waals surface area contributed by atoms with E-state index in [4.69, 9.17) is 5.41 Å². The lowest BCUT2D eigenvalue weighted by Gasteiger charge is -2.12. The third-order valence-corrected chi connectivity index (χ3v) is 3.39. The molecule has 0 unspecified atom stereocenters. The first-order valence-corrected chi connectivity index (χ1v) is 6.29. The van der Waals surface area contributed by atoms with Gasteiger partial charge in [-0.3, -0.25) is 5.41 Å². The first-order chi connectivity index (χ1) is 7.59. The highest BCUT2D eigenvalue weighted by Crippen LogP contribution is 2.23. The summed E-state index contributed by atoms with van der Waals surface area (Å²) in [5.74, 6) is 0. The van der Waals surface area contributed by atoms with E-state index in [0.29, 0.717) is 10.8 Å². The van der Waals surface area contributed by atoms with E-state index in [2.05, 4.69) is 55.0 Å². The largest absolute Gasteiger partial charge is 0.314 e. The molecule has 2 rings (SSSR count). The Hall–Kier alpha value is -1.35. The van der Waals surface area contributed by atoms with Gasteiger partial charge in [-0.25, -0.2) is 0 Å². The van der Waals surface area contributed by atoms with Crippen molar-refractivity contribution in [3.05, 3.63) is 40.0 Å². The van der Waals surface area contributed by atoms with Crippen LogP contribution in [-0.2, 0) is 0 Å². The molecule has 0 saturated carbocycles. The third kappa shape index (κ3) is 1.95. The normalized spacial score (nSPS) is 11.0. The Balaban J connectivity index is 2.56. The molecule has 0 atom stereocenters. The Morgan fingerprint density at radius 1 is 1.19 bits per heavy atom. The highest BCUT2D eigenvalue weighted by atomic mass is 32.1. The number of rotatable bonds is 2. The molecule has 0 amide bonds. The summed E-state index contributed by atoms with van der Waals surface area (Å²) in [6.07, 6.45) is 0. The molecule has 0 fully saturated rings. The van der Waals surface area contributed by atoms with Gasteiger partial charge in [-0.1, -0.05) is 29.8 Å². The first-order valence-electron chi connectivity index (χ1n) is 5.41. The Morgan fingerprint density at radius 2 is 1.81 bits per heavy atom. The molecule has 2 aromatic rings. The number of benzene rings is 1. The van der Waals surface area contributed by atoms with Gasteiger partial charge in [0.2, 0.25) is 0 Å². The molecule has 1 aromatic carbocycles. The van der Waals surface area contributed by atoms with E-state index in [9.17, 15) is 0 Å². The lowest BCUT2D eigenvalue weighted by atomic mass is 10.1. The van der Waals surface area contributed by atoms with Gasteiger partial charge in [-0.2, -0.15) is 0 Å². The lowest BCUT2D eigenvalue weighted by Crippen LogP contribution is -2.16. The van der Waals surface area contributed by atoms with Crippen molar-refractivity contribution < 1.29 is 0 Å². The van der Waals surface area contributed by atoms with Crippen LogP contribution in [0.4, 0.5) is 0 Å². The molecule has 0 spiro atoms. The maximum atomic E-state index is 7.90. The SMILES string of the molecule is Cc1ccc(-c2csc(=N)n2C(C)C)cc1. The van der Waals surface area contributed by atoms with E-state index < -0.39 is 0 Å². The number of nitrogens with zero attached hydrogens (tertiary/aromatic N) is 1. The molecule has 1 heterocycles. The van der Waals surface area contributed by atoms with Gasteiger partial charge in [-0.15, -0.1) is 11.3 Å². The van der Waals surface area contributed by atoms with E-state index in [0.717, 1.165) is 5.69 Å². The van der Waals surface area contributed by atoms with Gasteiger partial charge in [0.05, 0.1) is 5.69 Å². The van der Waals surface area contributed by atoms with Crippen LogP contribution in [0, 0.1) is 12.3 Å². The molecule has 16 heavy (non-hydrogen) atoms. The predicted octanol–water partition coefficient (Wildman–Crippen LogP) is 3.59. The lowest BCUT2D eigenvalue weighted by molar-refractivity contribution is 0.586. The molecule has 1 N–H and O–H groups in total. The first kappa shape index (κ1) is 11.1. The zero-order chi connectivity index (χ0) is 11.7. The smallest absolute Gasteiger partial charge is 0.182 e. The van der Waals surface area contributed by atoms with Crippen molar-refractivity contribution >= 4 is 11.3 Å². The van der Waals surface area contributed by atoms with Gasteiger partial charge in [0.15, 0.2) is 4.80 Å². The number of aromatic nitrogens is 1. The summed E-state index contributed by atoms with van der Waals surface area (Å²) < 4.78 is 2.06. The number of thiazole rings is 1. The second-order valence-electron chi connectivity index (χ2n) is 4.26. The van der Waals surface area contributed by atoms with Gasteiger partial charge >= 0.3 is 0 Å². The molecule has 0 saturated heterocycles. The zero-order valence-electron chi connectivity index (χ0n) is 9.82. The van der Waals surface area contributed by atoms with Crippen molar-refractivity contribution in [1.29, 1.82) is 5.41 Å². The van der Waals surface area contributed by atoms with Crippen LogP contribution in [0.25, 0.3) is 11.3 Å². The summed E-state index contributed by atoms with van der Waals surface area (Å²) in [5.41, 5.74) is 3.60. The molecular formula is C13H16N2S. The Labute approximate surface area is 99.7 Å². The Bertz CT molecular complexity index is 532. The number of nitrogens with one attached hydrogen (secondary N) is 1. The minimum absolute atomic E-state index is 0.329. The Kier molecular flexibility index (Phi) is 2.97. The highest BCUT2D eigenvalue weighted by molar-refractivity contribution is 7.07. The highest BCUT2D eigenvalue weighted by Gasteiger charge is 2.09. The fraction of sp³-hybridized carbons (Fsp3) is 0.308. The molecule has 0 aliphatic rings. The van der Waals surface area contributed by atoms with Crippen LogP contribution in [0.15, 0.2) is 29.6 Å². The van der Waals surface area contributed by atoms with E-state index in [-0.39, 0.29) is 0 Å². The Morgan fingerprint density at radius 3 is 2.38 bits per heavy atom. The van der Waals surface area contributed by atoms with Crippen LogP contribution in [0.1, 0.15) is 25.5 Å². The molecule has 1 aromatic heterocycles. The molecule has 0 radical (unpaired) electrons. The molecule has 0 aliphatic heterocycles. The van der Waals surface area contributed by atoms with Crippen molar-refractivity contribution in [3.8, 4) is 11.3 Å². The van der Waals surface area contributed by atoms with Crippen LogP contribution < -0.4 is 4.80 Å². The minimum atomic E-state index is 0.329. The fourth-order valence-corrected chi connectivity index (χ4v) is 2.67. The monoisotopic (exact) mass is 232 g/mol. The van der Waals surface area contributed by atoms with Crippen molar-refractivity contribution in [3.63, 3.8) is 0 Å². The standard InChI is InChI=1S/C13H16N2S/c1-9(2)15-12(8-16-13(15)14)11-6-4-10(3)5-7-11/h4-9,14H,1-3H3.